The summed E-state index contributed by atoms with van der Waals surface area (Å²) in [5.41, 5.74) is 3.74. The minimum Gasteiger partial charge on any atom is -0.496 e. The Bertz CT molecular complexity index is 415. The third-order valence-corrected chi connectivity index (χ3v) is 3.52. The number of fused-ring (bicyclic) bond motifs is 1. The maximum absolute atomic E-state index is 5.58. The minimum absolute atomic E-state index is 0.377. The van der Waals surface area contributed by atoms with Crippen LogP contribution in [0.25, 0.3) is 0 Å². The number of nitrogens with one attached hydrogen (secondary N) is 1. The number of ether oxygens (including phenoxy) is 2. The second kappa shape index (κ2) is 4.96. The smallest absolute Gasteiger partial charge is 0.127 e. The molecule has 0 aromatic heterocycles. The summed E-state index contributed by atoms with van der Waals surface area (Å²) in [5.74, 6) is 2.01. The molecular weight excluding hydrogens is 214 g/mol. The van der Waals surface area contributed by atoms with Gasteiger partial charge in [-0.05, 0) is 37.9 Å². The van der Waals surface area contributed by atoms with Crippen LogP contribution in [0.4, 0.5) is 0 Å². The van der Waals surface area contributed by atoms with Crippen molar-refractivity contribution in [2.45, 2.75) is 32.7 Å². The van der Waals surface area contributed by atoms with Crippen LogP contribution in [0.1, 0.15) is 36.1 Å². The monoisotopic (exact) mass is 235 g/mol. The van der Waals surface area contributed by atoms with E-state index >= 15 is 0 Å². The van der Waals surface area contributed by atoms with Crippen LogP contribution in [0.2, 0.25) is 0 Å². The largest absolute Gasteiger partial charge is 0.496 e. The van der Waals surface area contributed by atoms with Crippen molar-refractivity contribution in [1.29, 1.82) is 0 Å². The summed E-state index contributed by atoms with van der Waals surface area (Å²) in [6.07, 6.45) is 2.07. The molecule has 2 rings (SSSR count). The molecule has 94 valence electrons. The van der Waals surface area contributed by atoms with Gasteiger partial charge >= 0.3 is 0 Å². The summed E-state index contributed by atoms with van der Waals surface area (Å²) in [5, 5.41) is 3.54. The van der Waals surface area contributed by atoms with Gasteiger partial charge in [0.15, 0.2) is 0 Å². The molecule has 1 N–H and O–H groups in total. The van der Waals surface area contributed by atoms with Crippen LogP contribution in [-0.4, -0.2) is 20.8 Å². The first-order valence-electron chi connectivity index (χ1n) is 6.20. The van der Waals surface area contributed by atoms with Gasteiger partial charge in [0.05, 0.1) is 14.2 Å². The Hall–Kier alpha value is -1.22. The van der Waals surface area contributed by atoms with Gasteiger partial charge in [0.2, 0.25) is 0 Å². The number of aryl methyl sites for hydroxylation is 1. The maximum atomic E-state index is 5.58. The van der Waals surface area contributed by atoms with E-state index in [1.54, 1.807) is 14.2 Å². The van der Waals surface area contributed by atoms with Crippen molar-refractivity contribution in [2.24, 2.45) is 0 Å². The van der Waals surface area contributed by atoms with E-state index in [9.17, 15) is 0 Å². The summed E-state index contributed by atoms with van der Waals surface area (Å²) < 4.78 is 11.1. The van der Waals surface area contributed by atoms with Crippen molar-refractivity contribution in [3.63, 3.8) is 0 Å². The molecule has 1 aliphatic heterocycles. The lowest BCUT2D eigenvalue weighted by molar-refractivity contribution is 0.371. The number of rotatable bonds is 3. The molecule has 1 heterocycles. The van der Waals surface area contributed by atoms with E-state index in [1.807, 2.05) is 0 Å². The Balaban J connectivity index is 2.64. The van der Waals surface area contributed by atoms with Gasteiger partial charge in [0, 0.05) is 17.2 Å². The van der Waals surface area contributed by atoms with Crippen molar-refractivity contribution in [3.05, 3.63) is 22.8 Å². The molecule has 0 fully saturated rings. The summed E-state index contributed by atoms with van der Waals surface area (Å²) in [6, 6.07) is 2.46. The predicted octanol–water partition coefficient (Wildman–Crippen LogP) is 2.61. The third kappa shape index (κ3) is 2.00. The molecule has 0 amide bonds. The van der Waals surface area contributed by atoms with Gasteiger partial charge in [-0.3, -0.25) is 0 Å². The molecule has 3 heteroatoms. The Morgan fingerprint density at radius 2 is 2.12 bits per heavy atom. The van der Waals surface area contributed by atoms with Crippen molar-refractivity contribution in [3.8, 4) is 11.5 Å². The minimum atomic E-state index is 0.377. The molecule has 1 aromatic carbocycles. The molecular formula is C14H21NO2. The van der Waals surface area contributed by atoms with Crippen molar-refractivity contribution < 1.29 is 9.47 Å². The zero-order chi connectivity index (χ0) is 12.4. The van der Waals surface area contributed by atoms with E-state index in [2.05, 4.69) is 25.2 Å². The molecule has 3 nitrogen and oxygen atoms in total. The molecule has 0 bridgehead atoms. The van der Waals surface area contributed by atoms with Gasteiger partial charge < -0.3 is 14.8 Å². The molecule has 0 aliphatic carbocycles. The topological polar surface area (TPSA) is 30.5 Å². The van der Waals surface area contributed by atoms with E-state index in [0.717, 1.165) is 36.4 Å². The number of hydrogen-bond donors (Lipinski definition) is 1. The fraction of sp³-hybridized carbons (Fsp3) is 0.571. The third-order valence-electron chi connectivity index (χ3n) is 3.52. The van der Waals surface area contributed by atoms with Gasteiger partial charge in [-0.25, -0.2) is 0 Å². The highest BCUT2D eigenvalue weighted by Gasteiger charge is 2.26. The van der Waals surface area contributed by atoms with Gasteiger partial charge in [0.25, 0.3) is 0 Å². The first-order valence-corrected chi connectivity index (χ1v) is 6.20. The van der Waals surface area contributed by atoms with Crippen LogP contribution in [-0.2, 0) is 6.42 Å². The Morgan fingerprint density at radius 1 is 1.35 bits per heavy atom. The lowest BCUT2D eigenvalue weighted by Crippen LogP contribution is -2.30. The second-order valence-corrected chi connectivity index (χ2v) is 4.49. The zero-order valence-electron chi connectivity index (χ0n) is 11.1. The Labute approximate surface area is 103 Å². The van der Waals surface area contributed by atoms with E-state index < -0.39 is 0 Å². The van der Waals surface area contributed by atoms with Crippen molar-refractivity contribution in [1.82, 2.24) is 5.32 Å². The number of benzene rings is 1. The second-order valence-electron chi connectivity index (χ2n) is 4.49. The van der Waals surface area contributed by atoms with Crippen LogP contribution < -0.4 is 14.8 Å². The lowest BCUT2D eigenvalue weighted by atomic mass is 9.89. The number of methoxy groups -OCH3 is 2. The molecule has 1 unspecified atom stereocenters. The van der Waals surface area contributed by atoms with Crippen molar-refractivity contribution >= 4 is 0 Å². The SMILES string of the molecule is CCC1NCCc2c(OC)cc(C)c(OC)c21. The predicted molar refractivity (Wildman–Crippen MR) is 69.0 cm³/mol. The van der Waals surface area contributed by atoms with Gasteiger partial charge in [-0.15, -0.1) is 0 Å². The average molecular weight is 235 g/mol. The summed E-state index contributed by atoms with van der Waals surface area (Å²) in [6.45, 7) is 5.28. The molecule has 0 saturated carbocycles. The first kappa shape index (κ1) is 12.2. The highest BCUT2D eigenvalue weighted by molar-refractivity contribution is 5.55. The molecule has 17 heavy (non-hydrogen) atoms. The normalized spacial score (nSPS) is 18.7. The van der Waals surface area contributed by atoms with Crippen LogP contribution in [0.3, 0.4) is 0 Å². The van der Waals surface area contributed by atoms with E-state index in [-0.39, 0.29) is 0 Å². The fourth-order valence-electron chi connectivity index (χ4n) is 2.73. The van der Waals surface area contributed by atoms with E-state index in [1.165, 1.54) is 11.1 Å². The zero-order valence-corrected chi connectivity index (χ0v) is 11.1. The quantitative estimate of drug-likeness (QED) is 0.873. The summed E-state index contributed by atoms with van der Waals surface area (Å²) in [4.78, 5) is 0. The van der Waals surface area contributed by atoms with Crippen LogP contribution in [0.15, 0.2) is 6.07 Å². The van der Waals surface area contributed by atoms with Crippen molar-refractivity contribution in [2.75, 3.05) is 20.8 Å². The van der Waals surface area contributed by atoms with Crippen LogP contribution in [0, 0.1) is 6.92 Å². The molecule has 1 atom stereocenters. The number of hydrogen-bond acceptors (Lipinski definition) is 3. The van der Waals surface area contributed by atoms with E-state index in [0.29, 0.717) is 6.04 Å². The average Bonchev–Trinajstić information content (AvgIpc) is 2.37. The van der Waals surface area contributed by atoms with Crippen LogP contribution in [0.5, 0.6) is 11.5 Å². The maximum Gasteiger partial charge on any atom is 0.127 e. The van der Waals surface area contributed by atoms with Gasteiger partial charge in [0.1, 0.15) is 11.5 Å². The molecule has 0 spiro atoms. The highest BCUT2D eigenvalue weighted by atomic mass is 16.5. The first-order chi connectivity index (χ1) is 8.22. The Kier molecular flexibility index (Phi) is 3.57. The summed E-state index contributed by atoms with van der Waals surface area (Å²) in [7, 11) is 3.49. The lowest BCUT2D eigenvalue weighted by Gasteiger charge is -2.30. The molecule has 0 radical (unpaired) electrons. The van der Waals surface area contributed by atoms with E-state index in [4.69, 9.17) is 9.47 Å². The Morgan fingerprint density at radius 3 is 2.71 bits per heavy atom. The van der Waals surface area contributed by atoms with Crippen LogP contribution >= 0.6 is 0 Å². The molecule has 1 aromatic rings. The standard InChI is InChI=1S/C14H21NO2/c1-5-11-13-10(6-7-15-11)12(16-3)8-9(2)14(13)17-4/h8,11,15H,5-7H2,1-4H3. The van der Waals surface area contributed by atoms with Gasteiger partial charge in [-0.1, -0.05) is 6.92 Å². The molecule has 0 saturated heterocycles. The van der Waals surface area contributed by atoms with Gasteiger partial charge in [-0.2, -0.15) is 0 Å². The molecule has 1 aliphatic rings. The fourth-order valence-corrected chi connectivity index (χ4v) is 2.73. The summed E-state index contributed by atoms with van der Waals surface area (Å²) >= 11 is 0. The highest BCUT2D eigenvalue weighted by Crippen LogP contribution is 2.40.